The molecule has 1 amide bonds. The number of nitro benzene ring substituents is 1. The molecule has 1 aliphatic carbocycles. The summed E-state index contributed by atoms with van der Waals surface area (Å²) in [6.45, 7) is 6.40. The quantitative estimate of drug-likeness (QED) is 0.0443. The average Bonchev–Trinajstić information content (AvgIpc) is 3.09. The van der Waals surface area contributed by atoms with Gasteiger partial charge in [0.15, 0.2) is 17.3 Å². The normalized spacial score (nSPS) is 13.6. The number of benzene rings is 3. The summed E-state index contributed by atoms with van der Waals surface area (Å²) in [6, 6.07) is 8.82. The van der Waals surface area contributed by atoms with E-state index < -0.39 is 62.2 Å². The number of nitro groups is 1. The fourth-order valence-electron chi connectivity index (χ4n) is 5.37. The Labute approximate surface area is 314 Å². The smallest absolute Gasteiger partial charge is 0.271 e. The Balaban J connectivity index is 0.000000311. The number of ether oxygens (including phenoxy) is 1. The number of aliphatic hydroxyl groups excluding tert-OH is 2. The van der Waals surface area contributed by atoms with Crippen molar-refractivity contribution >= 4 is 57.8 Å². The van der Waals surface area contributed by atoms with Crippen LogP contribution in [0.2, 0.25) is 10.0 Å². The van der Waals surface area contributed by atoms with Crippen molar-refractivity contribution in [2.24, 2.45) is 5.41 Å². The van der Waals surface area contributed by atoms with Gasteiger partial charge >= 0.3 is 0 Å². The van der Waals surface area contributed by atoms with Crippen molar-refractivity contribution in [1.29, 1.82) is 0 Å². The molecule has 14 nitrogen and oxygen atoms in total. The molecular formula is C37H38Cl2N2O12. The molecule has 0 spiro atoms. The number of aromatic hydroxyl groups is 3. The molecule has 0 heterocycles. The second-order valence-corrected chi connectivity index (χ2v) is 13.2. The largest absolute Gasteiger partial charge is 0.511 e. The molecule has 3 aromatic rings. The maximum atomic E-state index is 12.8. The van der Waals surface area contributed by atoms with Crippen molar-refractivity contribution in [3.05, 3.63) is 102 Å². The van der Waals surface area contributed by atoms with Crippen LogP contribution in [0, 0.1) is 15.5 Å². The number of hydrogen-bond acceptors (Lipinski definition) is 12. The molecule has 4 rings (SSSR count). The van der Waals surface area contributed by atoms with E-state index in [0.717, 1.165) is 6.07 Å². The van der Waals surface area contributed by atoms with E-state index in [4.69, 9.17) is 27.9 Å². The fraction of sp³-hybridized carbons (Fsp3) is 0.297. The molecule has 0 saturated heterocycles. The molecule has 0 radical (unpaired) electrons. The van der Waals surface area contributed by atoms with Crippen molar-refractivity contribution in [3.8, 4) is 23.0 Å². The van der Waals surface area contributed by atoms with Gasteiger partial charge in [-0.05, 0) is 51.0 Å². The molecule has 0 bridgehead atoms. The summed E-state index contributed by atoms with van der Waals surface area (Å²) < 4.78 is 5.23. The van der Waals surface area contributed by atoms with E-state index in [-0.39, 0.29) is 74.4 Å². The molecule has 1 aliphatic rings. The Bertz CT molecular complexity index is 2050. The number of carbonyl (C=O) groups is 4. The van der Waals surface area contributed by atoms with E-state index in [1.165, 1.54) is 57.4 Å². The van der Waals surface area contributed by atoms with Crippen LogP contribution >= 0.6 is 23.2 Å². The van der Waals surface area contributed by atoms with Gasteiger partial charge in [0.2, 0.25) is 0 Å². The van der Waals surface area contributed by atoms with E-state index in [1.54, 1.807) is 13.8 Å². The second kappa shape index (κ2) is 17.3. The molecule has 0 atom stereocenters. The van der Waals surface area contributed by atoms with Crippen LogP contribution in [0.25, 0.3) is 0 Å². The molecule has 6 N–H and O–H groups in total. The van der Waals surface area contributed by atoms with Gasteiger partial charge in [-0.2, -0.15) is 0 Å². The topological polar surface area (TPSA) is 234 Å². The van der Waals surface area contributed by atoms with Gasteiger partial charge in [0.25, 0.3) is 11.6 Å². The van der Waals surface area contributed by atoms with Crippen molar-refractivity contribution < 1.29 is 54.4 Å². The highest BCUT2D eigenvalue weighted by Crippen LogP contribution is 2.45. The minimum atomic E-state index is -1.49. The van der Waals surface area contributed by atoms with Gasteiger partial charge in [0.05, 0.1) is 33.7 Å². The highest BCUT2D eigenvalue weighted by molar-refractivity contribution is 6.34. The first kappa shape index (κ1) is 41.8. The summed E-state index contributed by atoms with van der Waals surface area (Å²) in [7, 11) is 1.29. The zero-order valence-electron chi connectivity index (χ0n) is 29.4. The minimum Gasteiger partial charge on any atom is -0.511 e. The van der Waals surface area contributed by atoms with Gasteiger partial charge in [0, 0.05) is 53.6 Å². The fourth-order valence-corrected chi connectivity index (χ4v) is 5.77. The maximum Gasteiger partial charge on any atom is 0.271 e. The lowest BCUT2D eigenvalue weighted by molar-refractivity contribution is -0.384. The standard InChI is InChI=1S/C24H30O8.C13H8Cl2N2O4/c1-6-8-14(25)18-16(27)11-17(32-5)12(20(18)28)10-13-21(29)19(15(26)9-7-2)23(31)24(3,4)22(13)30;14-7-1-4-12(18)9(5-7)13(19)16-11-3-2-8(17(20)21)6-10(11)15/h11,27-30H,6-10H2,1-5H3;1-6,18H,(H,16,19). The van der Waals surface area contributed by atoms with Crippen LogP contribution in [-0.2, 0) is 16.0 Å². The number of allylic oxidation sites excluding steroid dienone is 3. The number of nitrogens with zero attached hydrogens (tertiary/aromatic N) is 1. The number of amides is 1. The second-order valence-electron chi connectivity index (χ2n) is 12.4. The highest BCUT2D eigenvalue weighted by atomic mass is 35.5. The van der Waals surface area contributed by atoms with Crippen LogP contribution in [0.4, 0.5) is 11.4 Å². The van der Waals surface area contributed by atoms with Crippen LogP contribution < -0.4 is 10.1 Å². The number of phenolic OH excluding ortho intramolecular Hbond substituents is 3. The Morgan fingerprint density at radius 3 is 2.09 bits per heavy atom. The number of nitrogens with one attached hydrogen (secondary N) is 1. The third-order valence-electron chi connectivity index (χ3n) is 8.24. The van der Waals surface area contributed by atoms with Crippen LogP contribution in [0.15, 0.2) is 65.1 Å². The summed E-state index contributed by atoms with van der Waals surface area (Å²) in [5, 5.41) is 65.7. The summed E-state index contributed by atoms with van der Waals surface area (Å²) in [5.74, 6) is -4.73. The number of Topliss-reactive ketones (excluding diaryl/α,β-unsaturated/α-hetero) is 3. The summed E-state index contributed by atoms with van der Waals surface area (Å²) in [5.41, 5.74) is -2.33. The van der Waals surface area contributed by atoms with Crippen LogP contribution in [0.1, 0.15) is 79.7 Å². The molecule has 0 fully saturated rings. The van der Waals surface area contributed by atoms with Gasteiger partial charge in [-0.15, -0.1) is 0 Å². The van der Waals surface area contributed by atoms with Gasteiger partial charge in [-0.3, -0.25) is 29.3 Å². The van der Waals surface area contributed by atoms with Gasteiger partial charge in [0.1, 0.15) is 45.7 Å². The average molecular weight is 774 g/mol. The Morgan fingerprint density at radius 2 is 1.53 bits per heavy atom. The number of carbonyl (C=O) groups excluding carboxylic acids is 4. The predicted molar refractivity (Wildman–Crippen MR) is 196 cm³/mol. The highest BCUT2D eigenvalue weighted by Gasteiger charge is 2.45. The number of phenols is 3. The first-order chi connectivity index (χ1) is 24.8. The lowest BCUT2D eigenvalue weighted by Crippen LogP contribution is -2.36. The van der Waals surface area contributed by atoms with Crippen molar-refractivity contribution in [2.45, 2.75) is 59.8 Å². The van der Waals surface area contributed by atoms with E-state index in [2.05, 4.69) is 5.32 Å². The summed E-state index contributed by atoms with van der Waals surface area (Å²) in [6.07, 6.45) is 0.735. The van der Waals surface area contributed by atoms with Crippen LogP contribution in [-0.4, -0.2) is 60.8 Å². The van der Waals surface area contributed by atoms with E-state index in [0.29, 0.717) is 12.8 Å². The Kier molecular flexibility index (Phi) is 13.6. The minimum absolute atomic E-state index is 0.0114. The number of rotatable bonds is 12. The zero-order chi connectivity index (χ0) is 39.9. The number of halogens is 2. The molecular weight excluding hydrogens is 735 g/mol. The Morgan fingerprint density at radius 1 is 0.906 bits per heavy atom. The van der Waals surface area contributed by atoms with Gasteiger partial charge < -0.3 is 35.6 Å². The molecule has 0 saturated carbocycles. The third kappa shape index (κ3) is 9.07. The number of anilines is 1. The van der Waals surface area contributed by atoms with Gasteiger partial charge in [-0.1, -0.05) is 37.0 Å². The van der Waals surface area contributed by atoms with E-state index in [9.17, 15) is 54.8 Å². The Hall–Kier alpha value is -5.60. The van der Waals surface area contributed by atoms with Crippen molar-refractivity contribution in [1.82, 2.24) is 0 Å². The van der Waals surface area contributed by atoms with Crippen LogP contribution in [0.5, 0.6) is 23.0 Å². The first-order valence-electron chi connectivity index (χ1n) is 16.1. The monoisotopic (exact) mass is 772 g/mol. The summed E-state index contributed by atoms with van der Waals surface area (Å²) in [4.78, 5) is 59.9. The van der Waals surface area contributed by atoms with Crippen molar-refractivity contribution in [3.63, 3.8) is 0 Å². The van der Waals surface area contributed by atoms with Crippen molar-refractivity contribution in [2.75, 3.05) is 12.4 Å². The molecule has 282 valence electrons. The third-order valence-corrected chi connectivity index (χ3v) is 8.79. The van der Waals surface area contributed by atoms with E-state index in [1.807, 2.05) is 0 Å². The molecule has 0 aliphatic heterocycles. The molecule has 16 heteroatoms. The summed E-state index contributed by atoms with van der Waals surface area (Å²) >= 11 is 11.6. The molecule has 3 aromatic carbocycles. The molecule has 53 heavy (non-hydrogen) atoms. The predicted octanol–water partition coefficient (Wildman–Crippen LogP) is 8.09. The molecule has 0 aromatic heterocycles. The van der Waals surface area contributed by atoms with Gasteiger partial charge in [-0.25, -0.2) is 0 Å². The first-order valence-corrected chi connectivity index (χ1v) is 16.9. The SMILES string of the molecule is CCCC(=O)C1=C(O)C(Cc2c(OC)cc(O)c(C(=O)CCC)c2O)=C(O)C(C)(C)C1=O.O=C(Nc1ccc([N+](=O)[O-])cc1Cl)c1cc(Cl)ccc1O. The number of hydrogen-bond donors (Lipinski definition) is 6. The number of methoxy groups -OCH3 is 1. The number of aliphatic hydroxyl groups is 2. The van der Waals surface area contributed by atoms with Crippen LogP contribution in [0.3, 0.4) is 0 Å². The maximum absolute atomic E-state index is 12.8. The lowest BCUT2D eigenvalue weighted by Gasteiger charge is -2.31. The van der Waals surface area contributed by atoms with E-state index >= 15 is 0 Å². The number of ketones is 3. The lowest BCUT2D eigenvalue weighted by atomic mass is 9.73. The zero-order valence-corrected chi connectivity index (χ0v) is 30.9. The number of non-ortho nitro benzene ring substituents is 1. The molecule has 0 unspecified atom stereocenters.